The van der Waals surface area contributed by atoms with Crippen LogP contribution in [0.4, 0.5) is 0 Å². The van der Waals surface area contributed by atoms with Crippen LogP contribution in [0.15, 0.2) is 35.0 Å². The zero-order valence-corrected chi connectivity index (χ0v) is 15.2. The molecule has 0 atom stereocenters. The zero-order chi connectivity index (χ0) is 17.6. The molecule has 0 amide bonds. The van der Waals surface area contributed by atoms with Crippen LogP contribution in [-0.4, -0.2) is 10.6 Å². The van der Waals surface area contributed by atoms with Gasteiger partial charge in [-0.1, -0.05) is 6.07 Å². The minimum Gasteiger partial charge on any atom is -0.487 e. The molecule has 0 aliphatic carbocycles. The van der Waals surface area contributed by atoms with Crippen molar-refractivity contribution in [2.75, 3.05) is 0 Å². The Kier molecular flexibility index (Phi) is 3.68. The summed E-state index contributed by atoms with van der Waals surface area (Å²) in [6.45, 7) is 8.56. The van der Waals surface area contributed by atoms with Crippen LogP contribution in [-0.2, 0) is 6.42 Å². The van der Waals surface area contributed by atoms with E-state index in [-0.39, 0.29) is 5.60 Å². The fourth-order valence-corrected chi connectivity index (χ4v) is 3.48. The lowest BCUT2D eigenvalue weighted by molar-refractivity contribution is 0.0842. The third kappa shape index (κ3) is 2.84. The first-order chi connectivity index (χ1) is 11.9. The van der Waals surface area contributed by atoms with Gasteiger partial charge < -0.3 is 9.15 Å². The highest BCUT2D eigenvalue weighted by Gasteiger charge is 2.30. The average molecular weight is 333 g/mol. The third-order valence-corrected chi connectivity index (χ3v) is 5.07. The first-order valence-corrected chi connectivity index (χ1v) is 8.77. The van der Waals surface area contributed by atoms with E-state index in [9.17, 15) is 0 Å². The SMILES string of the molecule is Cc1c2c(c3cc(/C=C/c4cccnc4)oc3c1C)CCC(C)(C)O2. The first kappa shape index (κ1) is 15.9. The van der Waals surface area contributed by atoms with E-state index in [1.165, 1.54) is 16.5 Å². The standard InChI is InChI=1S/C22H23NO2/c1-14-15(2)21-18(9-10-22(3,4)25-21)19-12-17(24-20(14)19)8-7-16-6-5-11-23-13-16/h5-8,11-13H,9-10H2,1-4H3/b8-7+. The van der Waals surface area contributed by atoms with Gasteiger partial charge in [0, 0.05) is 23.3 Å². The second-order valence-electron chi connectivity index (χ2n) is 7.43. The number of fused-ring (bicyclic) bond motifs is 3. The van der Waals surface area contributed by atoms with Crippen LogP contribution in [0, 0.1) is 13.8 Å². The summed E-state index contributed by atoms with van der Waals surface area (Å²) in [5.41, 5.74) is 5.56. The van der Waals surface area contributed by atoms with Crippen LogP contribution in [0.5, 0.6) is 5.75 Å². The van der Waals surface area contributed by atoms with Crippen LogP contribution < -0.4 is 4.74 Å². The highest BCUT2D eigenvalue weighted by atomic mass is 16.5. The van der Waals surface area contributed by atoms with Crippen LogP contribution in [0.2, 0.25) is 0 Å². The van der Waals surface area contributed by atoms with E-state index >= 15 is 0 Å². The first-order valence-electron chi connectivity index (χ1n) is 8.77. The number of rotatable bonds is 2. The quantitative estimate of drug-likeness (QED) is 0.602. The number of pyridine rings is 1. The fraction of sp³-hybridized carbons (Fsp3) is 0.318. The van der Waals surface area contributed by atoms with Gasteiger partial charge in [0.2, 0.25) is 0 Å². The van der Waals surface area contributed by atoms with Crippen molar-refractivity contribution in [1.82, 2.24) is 4.98 Å². The van der Waals surface area contributed by atoms with Crippen molar-refractivity contribution in [1.29, 1.82) is 0 Å². The number of hydrogen-bond donors (Lipinski definition) is 0. The fourth-order valence-electron chi connectivity index (χ4n) is 3.48. The molecule has 25 heavy (non-hydrogen) atoms. The number of nitrogens with zero attached hydrogens (tertiary/aromatic N) is 1. The zero-order valence-electron chi connectivity index (χ0n) is 15.2. The third-order valence-electron chi connectivity index (χ3n) is 5.07. The molecule has 0 fully saturated rings. The highest BCUT2D eigenvalue weighted by Crippen LogP contribution is 2.43. The van der Waals surface area contributed by atoms with E-state index in [1.54, 1.807) is 6.20 Å². The maximum atomic E-state index is 6.31. The minimum absolute atomic E-state index is 0.106. The Morgan fingerprint density at radius 1 is 1.16 bits per heavy atom. The largest absolute Gasteiger partial charge is 0.487 e. The summed E-state index contributed by atoms with van der Waals surface area (Å²) in [5, 5.41) is 1.18. The molecule has 0 N–H and O–H groups in total. The number of aromatic nitrogens is 1. The molecule has 0 saturated carbocycles. The molecule has 3 aromatic rings. The van der Waals surface area contributed by atoms with E-state index in [0.717, 1.165) is 41.1 Å². The lowest BCUT2D eigenvalue weighted by atomic mass is 9.89. The van der Waals surface area contributed by atoms with Gasteiger partial charge in [0.05, 0.1) is 0 Å². The normalized spacial score (nSPS) is 16.2. The summed E-state index contributed by atoms with van der Waals surface area (Å²) >= 11 is 0. The van der Waals surface area contributed by atoms with Gasteiger partial charge in [0.1, 0.15) is 22.7 Å². The molecule has 2 aromatic heterocycles. The van der Waals surface area contributed by atoms with Crippen molar-refractivity contribution in [3.05, 3.63) is 58.6 Å². The maximum absolute atomic E-state index is 6.31. The molecule has 3 heteroatoms. The van der Waals surface area contributed by atoms with Gasteiger partial charge in [-0.05, 0) is 81.5 Å². The number of benzene rings is 1. The summed E-state index contributed by atoms with van der Waals surface area (Å²) in [5.74, 6) is 1.91. The number of hydrogen-bond acceptors (Lipinski definition) is 3. The van der Waals surface area contributed by atoms with Gasteiger partial charge in [-0.15, -0.1) is 0 Å². The molecule has 3 nitrogen and oxygen atoms in total. The Balaban J connectivity index is 1.81. The van der Waals surface area contributed by atoms with Gasteiger partial charge in [-0.3, -0.25) is 4.98 Å². The van der Waals surface area contributed by atoms with E-state index in [4.69, 9.17) is 9.15 Å². The lowest BCUT2D eigenvalue weighted by Gasteiger charge is -2.34. The molecule has 0 bridgehead atoms. The van der Waals surface area contributed by atoms with Crippen molar-refractivity contribution in [3.63, 3.8) is 0 Å². The molecule has 0 unspecified atom stereocenters. The summed E-state index contributed by atoms with van der Waals surface area (Å²) < 4.78 is 12.5. The molecular formula is C22H23NO2. The van der Waals surface area contributed by atoms with Gasteiger partial charge >= 0.3 is 0 Å². The van der Waals surface area contributed by atoms with Crippen LogP contribution in [0.3, 0.4) is 0 Å². The van der Waals surface area contributed by atoms with Crippen molar-refractivity contribution < 1.29 is 9.15 Å². The molecular weight excluding hydrogens is 310 g/mol. The number of aryl methyl sites for hydroxylation is 2. The minimum atomic E-state index is -0.106. The summed E-state index contributed by atoms with van der Waals surface area (Å²) in [7, 11) is 0. The molecule has 0 radical (unpaired) electrons. The molecule has 1 aliphatic heterocycles. The van der Waals surface area contributed by atoms with E-state index in [0.29, 0.717) is 0 Å². The van der Waals surface area contributed by atoms with Gasteiger partial charge in [0.15, 0.2) is 0 Å². The lowest BCUT2D eigenvalue weighted by Crippen LogP contribution is -2.33. The topological polar surface area (TPSA) is 35.3 Å². The molecule has 128 valence electrons. The predicted octanol–water partition coefficient (Wildman–Crippen LogP) is 5.72. The van der Waals surface area contributed by atoms with Crippen molar-refractivity contribution in [2.24, 2.45) is 0 Å². The Bertz CT molecular complexity index is 965. The second kappa shape index (κ2) is 5.76. The van der Waals surface area contributed by atoms with Crippen LogP contribution in [0.25, 0.3) is 23.1 Å². The number of furan rings is 1. The van der Waals surface area contributed by atoms with Gasteiger partial charge in [-0.25, -0.2) is 0 Å². The molecule has 4 rings (SSSR count). The van der Waals surface area contributed by atoms with Gasteiger partial charge in [0.25, 0.3) is 0 Å². The highest BCUT2D eigenvalue weighted by molar-refractivity contribution is 5.90. The van der Waals surface area contributed by atoms with Crippen LogP contribution in [0.1, 0.15) is 48.3 Å². The Morgan fingerprint density at radius 2 is 2.00 bits per heavy atom. The van der Waals surface area contributed by atoms with E-state index in [1.807, 2.05) is 30.5 Å². The van der Waals surface area contributed by atoms with E-state index in [2.05, 4.69) is 38.7 Å². The Labute approximate surface area is 148 Å². The van der Waals surface area contributed by atoms with Gasteiger partial charge in [-0.2, -0.15) is 0 Å². The molecule has 0 spiro atoms. The molecule has 1 aliphatic rings. The summed E-state index contributed by atoms with van der Waals surface area (Å²) in [6.07, 6.45) is 9.68. The monoisotopic (exact) mass is 333 g/mol. The van der Waals surface area contributed by atoms with Crippen LogP contribution >= 0.6 is 0 Å². The summed E-state index contributed by atoms with van der Waals surface area (Å²) in [6, 6.07) is 6.09. The second-order valence-corrected chi connectivity index (χ2v) is 7.43. The molecule has 3 heterocycles. The van der Waals surface area contributed by atoms with Crippen molar-refractivity contribution >= 4 is 23.1 Å². The Hall–Kier alpha value is -2.55. The number of ether oxygens (including phenoxy) is 1. The van der Waals surface area contributed by atoms with Crippen molar-refractivity contribution in [2.45, 2.75) is 46.1 Å². The Morgan fingerprint density at radius 3 is 2.76 bits per heavy atom. The van der Waals surface area contributed by atoms with Crippen molar-refractivity contribution in [3.8, 4) is 5.75 Å². The summed E-state index contributed by atoms with van der Waals surface area (Å²) in [4.78, 5) is 4.14. The average Bonchev–Trinajstić information content (AvgIpc) is 3.02. The molecule has 1 aromatic carbocycles. The molecule has 0 saturated heterocycles. The maximum Gasteiger partial charge on any atom is 0.138 e. The smallest absolute Gasteiger partial charge is 0.138 e. The van der Waals surface area contributed by atoms with E-state index < -0.39 is 0 Å². The predicted molar refractivity (Wildman–Crippen MR) is 102 cm³/mol.